The second-order valence-electron chi connectivity index (χ2n) is 2.84. The zero-order chi connectivity index (χ0) is 10.7. The molecule has 0 spiro atoms. The summed E-state index contributed by atoms with van der Waals surface area (Å²) in [5, 5.41) is 15.8. The Morgan fingerprint density at radius 2 is 2.47 bits per heavy atom. The normalized spacial score (nSPS) is 10.4. The van der Waals surface area contributed by atoms with Crippen LogP contribution in [0.4, 0.5) is 0 Å². The van der Waals surface area contributed by atoms with Crippen LogP contribution in [0.3, 0.4) is 0 Å². The third kappa shape index (κ3) is 2.19. The minimum absolute atomic E-state index is 0.294. The summed E-state index contributed by atoms with van der Waals surface area (Å²) in [5.74, 6) is -1.21. The van der Waals surface area contributed by atoms with Crippen LogP contribution in [0.2, 0.25) is 0 Å². The number of carboxylic acid groups (broad SMARTS) is 1. The number of carboxylic acids is 1. The largest absolute Gasteiger partial charge is 0.475 e. The summed E-state index contributed by atoms with van der Waals surface area (Å²) in [6.45, 7) is 0.578. The minimum Gasteiger partial charge on any atom is -0.475 e. The molecule has 0 fully saturated rings. The van der Waals surface area contributed by atoms with Gasteiger partial charge in [-0.15, -0.1) is 0 Å². The second-order valence-corrected chi connectivity index (χ2v) is 2.84. The van der Waals surface area contributed by atoms with E-state index in [0.29, 0.717) is 18.9 Å². The van der Waals surface area contributed by atoms with Crippen LogP contribution in [0.25, 0.3) is 0 Å². The van der Waals surface area contributed by atoms with E-state index in [1.165, 1.54) is 0 Å². The number of aromatic nitrogens is 4. The summed E-state index contributed by atoms with van der Waals surface area (Å²) in [7, 11) is 0. The molecular formula is C8H8N4O3. The van der Waals surface area contributed by atoms with E-state index in [2.05, 4.69) is 15.2 Å². The van der Waals surface area contributed by atoms with Gasteiger partial charge in [0.25, 0.3) is 5.82 Å². The molecule has 1 N–H and O–H groups in total. The predicted molar refractivity (Wildman–Crippen MR) is 47.2 cm³/mol. The summed E-state index contributed by atoms with van der Waals surface area (Å²) in [6, 6.07) is 1.80. The quantitative estimate of drug-likeness (QED) is 0.771. The lowest BCUT2D eigenvalue weighted by Crippen LogP contribution is -2.03. The van der Waals surface area contributed by atoms with Gasteiger partial charge in [-0.05, 0) is 11.2 Å². The van der Waals surface area contributed by atoms with Crippen molar-refractivity contribution in [3.8, 4) is 0 Å². The maximum absolute atomic E-state index is 10.4. The topological polar surface area (TPSA) is 94.0 Å². The van der Waals surface area contributed by atoms with Gasteiger partial charge in [0, 0.05) is 25.4 Å². The second kappa shape index (κ2) is 3.91. The maximum atomic E-state index is 10.4. The summed E-state index contributed by atoms with van der Waals surface area (Å²) in [4.78, 5) is 14.1. The Bertz CT molecular complexity index is 448. The van der Waals surface area contributed by atoms with Gasteiger partial charge in [-0.3, -0.25) is 4.68 Å². The molecule has 7 heteroatoms. The highest BCUT2D eigenvalue weighted by Crippen LogP contribution is 1.99. The average Bonchev–Trinajstić information content (AvgIpc) is 2.86. The fourth-order valence-corrected chi connectivity index (χ4v) is 1.09. The van der Waals surface area contributed by atoms with Crippen molar-refractivity contribution in [3.63, 3.8) is 0 Å². The SMILES string of the molecule is O=C(O)c1noc(CCn2cccn2)n1. The molecule has 0 aliphatic carbocycles. The van der Waals surface area contributed by atoms with Crippen LogP contribution in [0, 0.1) is 0 Å². The first-order chi connectivity index (χ1) is 7.25. The van der Waals surface area contributed by atoms with Gasteiger partial charge in [-0.2, -0.15) is 10.1 Å². The summed E-state index contributed by atoms with van der Waals surface area (Å²) >= 11 is 0. The Labute approximate surface area is 84.3 Å². The number of aromatic carboxylic acids is 1. The first-order valence-corrected chi connectivity index (χ1v) is 4.29. The van der Waals surface area contributed by atoms with Crippen molar-refractivity contribution in [2.45, 2.75) is 13.0 Å². The molecule has 0 amide bonds. The highest BCUT2D eigenvalue weighted by atomic mass is 16.5. The van der Waals surface area contributed by atoms with E-state index in [9.17, 15) is 4.79 Å². The van der Waals surface area contributed by atoms with Gasteiger partial charge in [0.15, 0.2) is 0 Å². The number of carbonyl (C=O) groups is 1. The molecule has 0 atom stereocenters. The molecule has 7 nitrogen and oxygen atoms in total. The fraction of sp³-hybridized carbons (Fsp3) is 0.250. The first-order valence-electron chi connectivity index (χ1n) is 4.29. The van der Waals surface area contributed by atoms with E-state index >= 15 is 0 Å². The molecule has 0 aliphatic rings. The van der Waals surface area contributed by atoms with Gasteiger partial charge < -0.3 is 9.63 Å². The number of nitrogens with zero attached hydrogens (tertiary/aromatic N) is 4. The standard InChI is InChI=1S/C8H8N4O3/c13-8(14)7-10-6(15-11-7)2-5-12-4-1-3-9-12/h1,3-4H,2,5H2,(H,13,14). The van der Waals surface area contributed by atoms with Gasteiger partial charge in [0.1, 0.15) is 0 Å². The van der Waals surface area contributed by atoms with Crippen molar-refractivity contribution in [2.24, 2.45) is 0 Å². The van der Waals surface area contributed by atoms with Crippen LogP contribution < -0.4 is 0 Å². The van der Waals surface area contributed by atoms with Crippen LogP contribution >= 0.6 is 0 Å². The van der Waals surface area contributed by atoms with Crippen molar-refractivity contribution >= 4 is 5.97 Å². The molecule has 0 aromatic carbocycles. The van der Waals surface area contributed by atoms with Gasteiger partial charge >= 0.3 is 5.97 Å². The zero-order valence-corrected chi connectivity index (χ0v) is 7.70. The summed E-state index contributed by atoms with van der Waals surface area (Å²) < 4.78 is 6.44. The van der Waals surface area contributed by atoms with E-state index < -0.39 is 5.97 Å². The lowest BCUT2D eigenvalue weighted by atomic mass is 10.4. The zero-order valence-electron chi connectivity index (χ0n) is 7.70. The Hall–Kier alpha value is -2.18. The average molecular weight is 208 g/mol. The van der Waals surface area contributed by atoms with Gasteiger partial charge in [-0.25, -0.2) is 4.79 Å². The third-order valence-electron chi connectivity index (χ3n) is 1.77. The van der Waals surface area contributed by atoms with Gasteiger partial charge in [-0.1, -0.05) is 0 Å². The third-order valence-corrected chi connectivity index (χ3v) is 1.77. The van der Waals surface area contributed by atoms with Crippen molar-refractivity contribution in [3.05, 3.63) is 30.2 Å². The van der Waals surface area contributed by atoms with E-state index in [-0.39, 0.29) is 5.82 Å². The van der Waals surface area contributed by atoms with Crippen LogP contribution in [0.5, 0.6) is 0 Å². The predicted octanol–water partition coefficient (Wildman–Crippen LogP) is 0.207. The molecule has 2 aromatic rings. The summed E-state index contributed by atoms with van der Waals surface area (Å²) in [5.41, 5.74) is 0. The molecule has 78 valence electrons. The summed E-state index contributed by atoms with van der Waals surface area (Å²) in [6.07, 6.45) is 3.92. The molecule has 2 heterocycles. The van der Waals surface area contributed by atoms with E-state index in [4.69, 9.17) is 9.63 Å². The Morgan fingerprint density at radius 3 is 3.07 bits per heavy atom. The molecule has 0 bridgehead atoms. The number of aryl methyl sites for hydroxylation is 2. The Morgan fingerprint density at radius 1 is 1.60 bits per heavy atom. The molecule has 2 rings (SSSR count). The maximum Gasteiger partial charge on any atom is 0.377 e. The fourth-order valence-electron chi connectivity index (χ4n) is 1.09. The molecule has 0 aliphatic heterocycles. The van der Waals surface area contributed by atoms with Crippen molar-refractivity contribution in [1.82, 2.24) is 19.9 Å². The van der Waals surface area contributed by atoms with Gasteiger partial charge in [0.05, 0.1) is 0 Å². The van der Waals surface area contributed by atoms with Crippen molar-refractivity contribution in [1.29, 1.82) is 0 Å². The molecule has 0 radical (unpaired) electrons. The van der Waals surface area contributed by atoms with E-state index in [0.717, 1.165) is 0 Å². The van der Waals surface area contributed by atoms with Crippen LogP contribution in [-0.2, 0) is 13.0 Å². The van der Waals surface area contributed by atoms with E-state index in [1.807, 2.05) is 0 Å². The molecule has 0 saturated carbocycles. The molecule has 0 saturated heterocycles. The Balaban J connectivity index is 1.96. The Kier molecular flexibility index (Phi) is 2.44. The molecule has 2 aromatic heterocycles. The van der Waals surface area contributed by atoms with Crippen molar-refractivity contribution in [2.75, 3.05) is 0 Å². The van der Waals surface area contributed by atoms with Crippen LogP contribution in [0.1, 0.15) is 16.5 Å². The highest BCUT2D eigenvalue weighted by Gasteiger charge is 2.12. The minimum atomic E-state index is -1.19. The lowest BCUT2D eigenvalue weighted by molar-refractivity contribution is 0.0680. The van der Waals surface area contributed by atoms with Crippen molar-refractivity contribution < 1.29 is 14.4 Å². The first kappa shape index (κ1) is 9.38. The van der Waals surface area contributed by atoms with Crippen LogP contribution in [0.15, 0.2) is 23.0 Å². The number of hydrogen-bond donors (Lipinski definition) is 1. The number of rotatable bonds is 4. The van der Waals surface area contributed by atoms with E-state index in [1.54, 1.807) is 23.1 Å². The van der Waals surface area contributed by atoms with Crippen LogP contribution in [-0.4, -0.2) is 31.0 Å². The number of hydrogen-bond acceptors (Lipinski definition) is 5. The molecular weight excluding hydrogens is 200 g/mol. The lowest BCUT2D eigenvalue weighted by Gasteiger charge is -1.95. The van der Waals surface area contributed by atoms with Gasteiger partial charge in [0.2, 0.25) is 5.89 Å². The monoisotopic (exact) mass is 208 g/mol. The smallest absolute Gasteiger partial charge is 0.377 e. The molecule has 15 heavy (non-hydrogen) atoms. The highest BCUT2D eigenvalue weighted by molar-refractivity contribution is 5.82. The molecule has 0 unspecified atom stereocenters.